The molecule has 2 heterocycles. The van der Waals surface area contributed by atoms with Crippen molar-refractivity contribution in [3.63, 3.8) is 0 Å². The third-order valence-electron chi connectivity index (χ3n) is 6.15. The molecule has 2 atom stereocenters. The molecule has 0 fully saturated rings. The fourth-order valence-electron chi connectivity index (χ4n) is 4.09. The Morgan fingerprint density at radius 1 is 1.26 bits per heavy atom. The minimum Gasteiger partial charge on any atom is -0.335 e. The van der Waals surface area contributed by atoms with Gasteiger partial charge in [0.05, 0.1) is 6.04 Å². The average molecular weight is 473 g/mol. The van der Waals surface area contributed by atoms with Gasteiger partial charge in [0.25, 0.3) is 0 Å². The maximum Gasteiger partial charge on any atom is 0.389 e. The molecule has 1 N–H and O–H groups in total. The molecule has 2 amide bonds. The zero-order chi connectivity index (χ0) is 24.9. The number of urea groups is 1. The van der Waals surface area contributed by atoms with E-state index in [9.17, 15) is 18.0 Å². The molecule has 0 aliphatic carbocycles. The smallest absolute Gasteiger partial charge is 0.335 e. The summed E-state index contributed by atoms with van der Waals surface area (Å²) in [5.74, 6) is 0. The minimum absolute atomic E-state index is 0.132. The molecule has 2 aromatic heterocycles. The summed E-state index contributed by atoms with van der Waals surface area (Å²) in [7, 11) is 0. The molecule has 0 spiro atoms. The molecule has 0 bridgehead atoms. The fourth-order valence-corrected chi connectivity index (χ4v) is 4.09. The third-order valence-corrected chi connectivity index (χ3v) is 6.15. The second-order valence-corrected chi connectivity index (χ2v) is 8.33. The Hall–Kier alpha value is -3.29. The van der Waals surface area contributed by atoms with Crippen LogP contribution in [0.4, 0.5) is 18.0 Å². The van der Waals surface area contributed by atoms with Gasteiger partial charge in [-0.2, -0.15) is 13.2 Å². The third kappa shape index (κ3) is 5.98. The van der Waals surface area contributed by atoms with Gasteiger partial charge in [0.1, 0.15) is 5.65 Å². The number of amides is 2. The van der Waals surface area contributed by atoms with E-state index in [1.165, 1.54) is 0 Å². The molecular weight excluding hydrogens is 441 g/mol. The van der Waals surface area contributed by atoms with E-state index in [0.29, 0.717) is 13.0 Å². The zero-order valence-electron chi connectivity index (χ0n) is 19.8. The molecule has 0 aliphatic rings. The molecule has 5 nitrogen and oxygen atoms in total. The molecule has 34 heavy (non-hydrogen) atoms. The normalized spacial score (nSPS) is 13.5. The lowest BCUT2D eigenvalue weighted by molar-refractivity contribution is -0.136. The highest BCUT2D eigenvalue weighted by Crippen LogP contribution is 2.31. The Kier molecular flexibility index (Phi) is 8.02. The molecule has 0 saturated heterocycles. The lowest BCUT2D eigenvalue weighted by atomic mass is 9.95. The number of halogens is 3. The summed E-state index contributed by atoms with van der Waals surface area (Å²) in [6, 6.07) is 8.73. The van der Waals surface area contributed by atoms with Crippen LogP contribution in [0.1, 0.15) is 57.2 Å². The van der Waals surface area contributed by atoms with Crippen LogP contribution in [-0.2, 0) is 0 Å². The number of carbonyl (C=O) groups is 1. The standard InChI is InChI=1S/C26H31F3N4O/c1-5-19-8-9-20(16-23(19)21-10-11-24-30-14-15-32(24)17-21)18(4)33(7-3)25(34)31-22(6-2)12-13-26(27,28)29/h5,8-11,14-18,22H,1,6-7,12-13H2,2-4H3,(H,31,34)/t18-,22?/m1/s1. The van der Waals surface area contributed by atoms with Crippen molar-refractivity contribution in [1.82, 2.24) is 19.6 Å². The van der Waals surface area contributed by atoms with E-state index in [1.807, 2.05) is 61.0 Å². The quantitative estimate of drug-likeness (QED) is 0.370. The number of alkyl halides is 3. The predicted octanol–water partition coefficient (Wildman–Crippen LogP) is 6.86. The van der Waals surface area contributed by atoms with Gasteiger partial charge in [-0.05, 0) is 67.1 Å². The number of hydrogen-bond donors (Lipinski definition) is 1. The van der Waals surface area contributed by atoms with Gasteiger partial charge in [0.2, 0.25) is 0 Å². The summed E-state index contributed by atoms with van der Waals surface area (Å²) in [6.45, 7) is 9.90. The van der Waals surface area contributed by atoms with Crippen molar-refractivity contribution >= 4 is 17.8 Å². The van der Waals surface area contributed by atoms with Crippen LogP contribution in [0.5, 0.6) is 0 Å². The van der Waals surface area contributed by atoms with Crippen molar-refractivity contribution in [3.8, 4) is 11.1 Å². The van der Waals surface area contributed by atoms with Crippen LogP contribution in [0.3, 0.4) is 0 Å². The molecule has 0 radical (unpaired) electrons. The first kappa shape index (κ1) is 25.3. The first-order chi connectivity index (χ1) is 16.2. The Morgan fingerprint density at radius 2 is 2.03 bits per heavy atom. The second-order valence-electron chi connectivity index (χ2n) is 8.33. The fraction of sp³-hybridized carbons (Fsp3) is 0.385. The van der Waals surface area contributed by atoms with E-state index >= 15 is 0 Å². The van der Waals surface area contributed by atoms with Gasteiger partial charge in [-0.3, -0.25) is 0 Å². The number of rotatable bonds is 9. The largest absolute Gasteiger partial charge is 0.389 e. The summed E-state index contributed by atoms with van der Waals surface area (Å²) in [6.07, 6.45) is 2.55. The lowest BCUT2D eigenvalue weighted by Crippen LogP contribution is -2.45. The van der Waals surface area contributed by atoms with Gasteiger partial charge >= 0.3 is 12.2 Å². The molecule has 0 saturated carbocycles. The van der Waals surface area contributed by atoms with Crippen LogP contribution in [0, 0.1) is 0 Å². The highest BCUT2D eigenvalue weighted by molar-refractivity contribution is 5.77. The lowest BCUT2D eigenvalue weighted by Gasteiger charge is -2.31. The second kappa shape index (κ2) is 10.8. The van der Waals surface area contributed by atoms with Crippen LogP contribution in [0.15, 0.2) is 55.5 Å². The van der Waals surface area contributed by atoms with Crippen molar-refractivity contribution < 1.29 is 18.0 Å². The van der Waals surface area contributed by atoms with E-state index in [4.69, 9.17) is 0 Å². The highest BCUT2D eigenvalue weighted by Gasteiger charge is 2.29. The predicted molar refractivity (Wildman–Crippen MR) is 129 cm³/mol. The van der Waals surface area contributed by atoms with Crippen molar-refractivity contribution in [2.24, 2.45) is 0 Å². The van der Waals surface area contributed by atoms with Crippen LogP contribution in [0.25, 0.3) is 22.9 Å². The number of fused-ring (bicyclic) bond motifs is 1. The summed E-state index contributed by atoms with van der Waals surface area (Å²) in [5.41, 5.74) is 4.69. The molecule has 182 valence electrons. The van der Waals surface area contributed by atoms with Crippen molar-refractivity contribution in [3.05, 3.63) is 66.6 Å². The number of nitrogens with zero attached hydrogens (tertiary/aromatic N) is 3. The summed E-state index contributed by atoms with van der Waals surface area (Å²) >= 11 is 0. The SMILES string of the molecule is C=Cc1ccc([C@@H](C)N(CC)C(=O)NC(CC)CCC(F)(F)F)cc1-c1ccc2nccn2c1. The van der Waals surface area contributed by atoms with Gasteiger partial charge in [0, 0.05) is 37.6 Å². The number of nitrogens with one attached hydrogen (secondary N) is 1. The van der Waals surface area contributed by atoms with Crippen molar-refractivity contribution in [1.29, 1.82) is 0 Å². The molecule has 3 rings (SSSR count). The first-order valence-electron chi connectivity index (χ1n) is 11.5. The number of pyridine rings is 1. The number of hydrogen-bond acceptors (Lipinski definition) is 2. The Labute approximate surface area is 198 Å². The van der Waals surface area contributed by atoms with E-state index in [1.54, 1.807) is 24.1 Å². The zero-order valence-corrected chi connectivity index (χ0v) is 19.8. The first-order valence-corrected chi connectivity index (χ1v) is 11.5. The van der Waals surface area contributed by atoms with Gasteiger partial charge in [-0.25, -0.2) is 9.78 Å². The molecule has 1 unspecified atom stereocenters. The van der Waals surface area contributed by atoms with Crippen LogP contribution in [-0.4, -0.2) is 39.1 Å². The monoisotopic (exact) mass is 472 g/mol. The number of imidazole rings is 1. The van der Waals surface area contributed by atoms with Crippen molar-refractivity contribution in [2.45, 2.75) is 58.3 Å². The van der Waals surface area contributed by atoms with Gasteiger partial charge in [-0.15, -0.1) is 0 Å². The molecule has 1 aromatic carbocycles. The summed E-state index contributed by atoms with van der Waals surface area (Å²) in [4.78, 5) is 18.9. The van der Waals surface area contributed by atoms with E-state index in [2.05, 4.69) is 16.9 Å². The minimum atomic E-state index is -4.24. The molecule has 0 aliphatic heterocycles. The number of carbonyl (C=O) groups excluding carboxylic acids is 1. The van der Waals surface area contributed by atoms with Crippen LogP contribution < -0.4 is 5.32 Å². The van der Waals surface area contributed by atoms with Crippen LogP contribution >= 0.6 is 0 Å². The Bertz CT molecular complexity index is 1140. The van der Waals surface area contributed by atoms with Crippen LogP contribution in [0.2, 0.25) is 0 Å². The summed E-state index contributed by atoms with van der Waals surface area (Å²) < 4.78 is 39.8. The topological polar surface area (TPSA) is 49.6 Å². The summed E-state index contributed by atoms with van der Waals surface area (Å²) in [5, 5.41) is 2.79. The highest BCUT2D eigenvalue weighted by atomic mass is 19.4. The molecule has 3 aromatic rings. The van der Waals surface area contributed by atoms with Crippen molar-refractivity contribution in [2.75, 3.05) is 6.54 Å². The molecular formula is C26H31F3N4O. The Balaban J connectivity index is 1.84. The van der Waals surface area contributed by atoms with E-state index < -0.39 is 18.6 Å². The van der Waals surface area contributed by atoms with Gasteiger partial charge < -0.3 is 14.6 Å². The maximum atomic E-state index is 13.0. The van der Waals surface area contributed by atoms with E-state index in [0.717, 1.165) is 27.9 Å². The maximum absolute atomic E-state index is 13.0. The Morgan fingerprint density at radius 3 is 2.68 bits per heavy atom. The molecule has 8 heteroatoms. The van der Waals surface area contributed by atoms with Gasteiger partial charge in [0.15, 0.2) is 0 Å². The number of aromatic nitrogens is 2. The number of benzene rings is 1. The van der Waals surface area contributed by atoms with E-state index in [-0.39, 0.29) is 18.5 Å². The average Bonchev–Trinajstić information content (AvgIpc) is 3.29. The van der Waals surface area contributed by atoms with Gasteiger partial charge in [-0.1, -0.05) is 31.7 Å².